The maximum atomic E-state index is 11.9. The largest absolute Gasteiger partial charge is 0.468 e. The maximum Gasteiger partial charge on any atom is 0.315 e. The van der Waals surface area contributed by atoms with Gasteiger partial charge in [0.1, 0.15) is 5.92 Å². The first-order valence-corrected chi connectivity index (χ1v) is 7.40. The van der Waals surface area contributed by atoms with E-state index in [0.717, 1.165) is 4.88 Å². The van der Waals surface area contributed by atoms with Crippen molar-refractivity contribution >= 4 is 17.3 Å². The number of rotatable bonds is 5. The summed E-state index contributed by atoms with van der Waals surface area (Å²) < 4.78 is 4.92. The number of aryl methyl sites for hydroxylation is 1. The third-order valence-corrected chi connectivity index (χ3v) is 4.67. The van der Waals surface area contributed by atoms with Crippen molar-refractivity contribution in [2.45, 2.75) is 44.6 Å². The Morgan fingerprint density at radius 1 is 1.50 bits per heavy atom. The fourth-order valence-electron chi connectivity index (χ4n) is 2.50. The van der Waals surface area contributed by atoms with Crippen molar-refractivity contribution < 1.29 is 9.53 Å². The van der Waals surface area contributed by atoms with Crippen LogP contribution in [0.2, 0.25) is 0 Å². The minimum absolute atomic E-state index is 0.137. The van der Waals surface area contributed by atoms with Gasteiger partial charge in [-0.25, -0.2) is 0 Å². The minimum Gasteiger partial charge on any atom is -0.468 e. The van der Waals surface area contributed by atoms with Crippen molar-refractivity contribution in [3.63, 3.8) is 0 Å². The summed E-state index contributed by atoms with van der Waals surface area (Å²) in [5, 5.41) is 3.51. The van der Waals surface area contributed by atoms with E-state index in [1.807, 2.05) is 6.07 Å². The first-order chi connectivity index (χ1) is 8.70. The van der Waals surface area contributed by atoms with E-state index in [9.17, 15) is 4.79 Å². The summed E-state index contributed by atoms with van der Waals surface area (Å²) in [5.41, 5.74) is 0. The molecule has 1 fully saturated rings. The summed E-state index contributed by atoms with van der Waals surface area (Å²) in [5.74, 6) is -0.295. The number of thiophene rings is 1. The number of nitrogens with one attached hydrogen (secondary N) is 1. The average Bonchev–Trinajstić information content (AvgIpc) is 3.01. The zero-order valence-electron chi connectivity index (χ0n) is 11.1. The number of esters is 1. The molecule has 18 heavy (non-hydrogen) atoms. The second-order valence-electron chi connectivity index (χ2n) is 4.91. The molecule has 0 amide bonds. The summed E-state index contributed by atoms with van der Waals surface area (Å²) in [6.45, 7) is 2.75. The van der Waals surface area contributed by atoms with E-state index < -0.39 is 0 Å². The van der Waals surface area contributed by atoms with Gasteiger partial charge >= 0.3 is 5.97 Å². The zero-order valence-corrected chi connectivity index (χ0v) is 11.9. The first kappa shape index (κ1) is 13.6. The van der Waals surface area contributed by atoms with Crippen LogP contribution in [-0.4, -0.2) is 25.7 Å². The molecular formula is C14H21NO2S. The van der Waals surface area contributed by atoms with E-state index in [0.29, 0.717) is 12.6 Å². The molecule has 1 aliphatic carbocycles. The summed E-state index contributed by atoms with van der Waals surface area (Å²) in [6, 6.07) is 4.68. The van der Waals surface area contributed by atoms with Crippen molar-refractivity contribution in [3.05, 3.63) is 21.9 Å². The lowest BCUT2D eigenvalue weighted by Gasteiger charge is -2.17. The lowest BCUT2D eigenvalue weighted by molar-refractivity contribution is -0.142. The molecule has 1 aliphatic rings. The number of carbonyl (C=O) groups is 1. The molecule has 1 aromatic rings. The lowest BCUT2D eigenvalue weighted by atomic mass is 10.1. The molecule has 0 bridgehead atoms. The summed E-state index contributed by atoms with van der Waals surface area (Å²) >= 11 is 1.68. The molecule has 3 nitrogen and oxygen atoms in total. The van der Waals surface area contributed by atoms with E-state index in [4.69, 9.17) is 4.74 Å². The molecule has 1 atom stereocenters. The number of hydrogen-bond acceptors (Lipinski definition) is 4. The van der Waals surface area contributed by atoms with Crippen LogP contribution in [0.4, 0.5) is 0 Å². The number of hydrogen-bond donors (Lipinski definition) is 1. The van der Waals surface area contributed by atoms with Gasteiger partial charge in [0.25, 0.3) is 0 Å². The van der Waals surface area contributed by atoms with Crippen LogP contribution >= 0.6 is 11.3 Å². The second kappa shape index (κ2) is 6.34. The lowest BCUT2D eigenvalue weighted by Crippen LogP contribution is -2.33. The van der Waals surface area contributed by atoms with Crippen LogP contribution in [-0.2, 0) is 9.53 Å². The van der Waals surface area contributed by atoms with Gasteiger partial charge in [0.2, 0.25) is 0 Å². The Hall–Kier alpha value is -0.870. The molecule has 1 aromatic heterocycles. The van der Waals surface area contributed by atoms with E-state index in [1.54, 1.807) is 11.3 Å². The molecule has 1 N–H and O–H groups in total. The van der Waals surface area contributed by atoms with E-state index in [-0.39, 0.29) is 11.9 Å². The monoisotopic (exact) mass is 267 g/mol. The second-order valence-corrected chi connectivity index (χ2v) is 6.23. The van der Waals surface area contributed by atoms with Crippen molar-refractivity contribution in [3.8, 4) is 0 Å². The predicted octanol–water partition coefficient (Wildman–Crippen LogP) is 2.85. The molecule has 1 heterocycles. The van der Waals surface area contributed by atoms with Crippen molar-refractivity contribution in [1.82, 2.24) is 5.32 Å². The highest BCUT2D eigenvalue weighted by molar-refractivity contribution is 7.12. The molecule has 1 unspecified atom stereocenters. The Morgan fingerprint density at radius 3 is 2.78 bits per heavy atom. The van der Waals surface area contributed by atoms with Crippen LogP contribution in [0.25, 0.3) is 0 Å². The van der Waals surface area contributed by atoms with Crippen LogP contribution in [0, 0.1) is 6.92 Å². The van der Waals surface area contributed by atoms with Gasteiger partial charge in [0.05, 0.1) is 7.11 Å². The normalized spacial score (nSPS) is 17.9. The van der Waals surface area contributed by atoms with Crippen LogP contribution in [0.5, 0.6) is 0 Å². The van der Waals surface area contributed by atoms with Gasteiger partial charge in [-0.1, -0.05) is 12.8 Å². The highest BCUT2D eigenvalue weighted by Gasteiger charge is 2.24. The van der Waals surface area contributed by atoms with E-state index in [2.05, 4.69) is 18.3 Å². The highest BCUT2D eigenvalue weighted by Crippen LogP contribution is 2.26. The fraction of sp³-hybridized carbons (Fsp3) is 0.643. The maximum absolute atomic E-state index is 11.9. The SMILES string of the molecule is COC(=O)C(CNC1CCCC1)c1ccc(C)s1. The van der Waals surface area contributed by atoms with E-state index >= 15 is 0 Å². The summed E-state index contributed by atoms with van der Waals surface area (Å²) in [4.78, 5) is 14.2. The summed E-state index contributed by atoms with van der Waals surface area (Å²) in [6.07, 6.45) is 5.08. The van der Waals surface area contributed by atoms with E-state index in [1.165, 1.54) is 37.7 Å². The van der Waals surface area contributed by atoms with Gasteiger partial charge in [-0.3, -0.25) is 4.79 Å². The molecule has 100 valence electrons. The van der Waals surface area contributed by atoms with Gasteiger partial charge in [0.15, 0.2) is 0 Å². The van der Waals surface area contributed by atoms with Gasteiger partial charge < -0.3 is 10.1 Å². The van der Waals surface area contributed by atoms with Crippen molar-refractivity contribution in [2.24, 2.45) is 0 Å². The average molecular weight is 267 g/mol. The van der Waals surface area contributed by atoms with Gasteiger partial charge in [-0.2, -0.15) is 0 Å². The number of methoxy groups -OCH3 is 1. The fourth-order valence-corrected chi connectivity index (χ4v) is 3.46. The van der Waals surface area contributed by atoms with Crippen molar-refractivity contribution in [1.29, 1.82) is 0 Å². The highest BCUT2D eigenvalue weighted by atomic mass is 32.1. The molecule has 0 saturated heterocycles. The van der Waals surface area contributed by atoms with Gasteiger partial charge in [-0.05, 0) is 31.9 Å². The van der Waals surface area contributed by atoms with Crippen LogP contribution in [0.1, 0.15) is 41.4 Å². The Bertz CT molecular complexity index is 396. The van der Waals surface area contributed by atoms with Gasteiger partial charge in [0, 0.05) is 22.3 Å². The predicted molar refractivity (Wildman–Crippen MR) is 74.1 cm³/mol. The molecule has 0 spiro atoms. The third kappa shape index (κ3) is 3.33. The quantitative estimate of drug-likeness (QED) is 0.834. The molecule has 4 heteroatoms. The van der Waals surface area contributed by atoms with Crippen LogP contribution < -0.4 is 5.32 Å². The number of carbonyl (C=O) groups excluding carboxylic acids is 1. The van der Waals surface area contributed by atoms with Crippen LogP contribution in [0.15, 0.2) is 12.1 Å². The van der Waals surface area contributed by atoms with Crippen LogP contribution in [0.3, 0.4) is 0 Å². The Labute approximate surface area is 113 Å². The molecule has 1 saturated carbocycles. The third-order valence-electron chi connectivity index (χ3n) is 3.56. The molecular weight excluding hydrogens is 246 g/mol. The first-order valence-electron chi connectivity index (χ1n) is 6.58. The zero-order chi connectivity index (χ0) is 13.0. The molecule has 0 aliphatic heterocycles. The topological polar surface area (TPSA) is 38.3 Å². The van der Waals surface area contributed by atoms with Gasteiger partial charge in [-0.15, -0.1) is 11.3 Å². The Balaban J connectivity index is 1.98. The standard InChI is InChI=1S/C14H21NO2S/c1-10-7-8-13(18-10)12(14(16)17-2)9-15-11-5-3-4-6-11/h7-8,11-12,15H,3-6,9H2,1-2H3. The molecule has 0 aromatic carbocycles. The molecule has 0 radical (unpaired) electrons. The molecule has 2 rings (SSSR count). The Morgan fingerprint density at radius 2 is 2.22 bits per heavy atom. The smallest absolute Gasteiger partial charge is 0.315 e. The Kier molecular flexibility index (Phi) is 4.78. The number of ether oxygens (including phenoxy) is 1. The summed E-state index contributed by atoms with van der Waals surface area (Å²) in [7, 11) is 1.46. The van der Waals surface area contributed by atoms with Crippen molar-refractivity contribution in [2.75, 3.05) is 13.7 Å². The minimum atomic E-state index is -0.158.